The molecule has 3 nitrogen and oxygen atoms in total. The summed E-state index contributed by atoms with van der Waals surface area (Å²) in [5.74, 6) is 0.177. The van der Waals surface area contributed by atoms with Gasteiger partial charge >= 0.3 is 0 Å². The van der Waals surface area contributed by atoms with Gasteiger partial charge < -0.3 is 10.6 Å². The summed E-state index contributed by atoms with van der Waals surface area (Å²) in [5, 5.41) is 8.82. The summed E-state index contributed by atoms with van der Waals surface area (Å²) in [4.78, 5) is 14.0. The monoisotopic (exact) mass is 278 g/mol. The molecule has 2 aliphatic rings. The Morgan fingerprint density at radius 1 is 1.47 bits per heavy atom. The van der Waals surface area contributed by atoms with Crippen molar-refractivity contribution in [3.05, 3.63) is 21.9 Å². The minimum absolute atomic E-state index is 0.177. The minimum Gasteiger partial charge on any atom is -0.348 e. The van der Waals surface area contributed by atoms with Crippen LogP contribution in [0.1, 0.15) is 55.5 Å². The third kappa shape index (κ3) is 2.56. The lowest BCUT2D eigenvalue weighted by molar-refractivity contribution is -0.128. The molecule has 1 aromatic heterocycles. The van der Waals surface area contributed by atoms with Crippen molar-refractivity contribution >= 4 is 17.2 Å². The zero-order chi connectivity index (χ0) is 13.3. The summed E-state index contributed by atoms with van der Waals surface area (Å²) in [6.45, 7) is 3.00. The van der Waals surface area contributed by atoms with Gasteiger partial charge in [-0.2, -0.15) is 0 Å². The molecule has 1 amide bonds. The summed E-state index contributed by atoms with van der Waals surface area (Å²) in [6.07, 6.45) is 6.71. The highest BCUT2D eigenvalue weighted by molar-refractivity contribution is 7.10. The molecule has 2 unspecified atom stereocenters. The van der Waals surface area contributed by atoms with E-state index in [1.807, 2.05) is 18.3 Å². The molecule has 4 heteroatoms. The van der Waals surface area contributed by atoms with Crippen LogP contribution in [0.5, 0.6) is 0 Å². The molecule has 0 bridgehead atoms. The molecule has 0 radical (unpaired) electrons. The van der Waals surface area contributed by atoms with Crippen molar-refractivity contribution in [2.75, 3.05) is 6.54 Å². The Kier molecular flexibility index (Phi) is 3.63. The number of carbonyl (C=O) groups excluding carboxylic acids is 1. The Balaban J connectivity index is 1.71. The Hall–Kier alpha value is -0.870. The number of hydrogen-bond acceptors (Lipinski definition) is 3. The number of fused-ring (bicyclic) bond motifs is 1. The van der Waals surface area contributed by atoms with Crippen molar-refractivity contribution in [3.63, 3.8) is 0 Å². The molecule has 1 saturated heterocycles. The van der Waals surface area contributed by atoms with E-state index in [0.717, 1.165) is 25.8 Å². The van der Waals surface area contributed by atoms with E-state index in [2.05, 4.69) is 22.1 Å². The first-order valence-corrected chi connectivity index (χ1v) is 8.19. The van der Waals surface area contributed by atoms with Gasteiger partial charge in [0, 0.05) is 4.88 Å². The molecule has 19 heavy (non-hydrogen) atoms. The van der Waals surface area contributed by atoms with Gasteiger partial charge in [-0.1, -0.05) is 0 Å². The summed E-state index contributed by atoms with van der Waals surface area (Å²) in [5.41, 5.74) is 0.982. The van der Waals surface area contributed by atoms with Crippen LogP contribution in [-0.4, -0.2) is 18.0 Å². The summed E-state index contributed by atoms with van der Waals surface area (Å²) in [6, 6.07) is 2.41. The fraction of sp³-hybridized carbons (Fsp3) is 0.667. The number of aryl methyl sites for hydroxylation is 1. The highest BCUT2D eigenvalue weighted by Gasteiger charge is 2.36. The fourth-order valence-corrected chi connectivity index (χ4v) is 4.19. The van der Waals surface area contributed by atoms with Crippen LogP contribution < -0.4 is 10.6 Å². The molecule has 0 aromatic carbocycles. The average molecular weight is 278 g/mol. The van der Waals surface area contributed by atoms with Crippen LogP contribution in [0.25, 0.3) is 0 Å². The largest absolute Gasteiger partial charge is 0.348 e. The third-order valence-electron chi connectivity index (χ3n) is 4.48. The smallest absolute Gasteiger partial charge is 0.240 e. The minimum atomic E-state index is -0.369. The number of rotatable bonds is 2. The van der Waals surface area contributed by atoms with Crippen LogP contribution in [0.15, 0.2) is 11.4 Å². The van der Waals surface area contributed by atoms with Gasteiger partial charge in [-0.25, -0.2) is 0 Å². The average Bonchev–Trinajstić information content (AvgIpc) is 2.89. The standard InChI is InChI=1S/C15H22N2OS/c1-15(8-2-3-9-16-15)14(18)17-12-5-4-6-13-11(12)7-10-19-13/h7,10,12,16H,2-6,8-9H2,1H3,(H,17,18). The zero-order valence-electron chi connectivity index (χ0n) is 11.5. The number of hydrogen-bond donors (Lipinski definition) is 2. The number of amides is 1. The van der Waals surface area contributed by atoms with Crippen LogP contribution in [0, 0.1) is 0 Å². The Morgan fingerprint density at radius 2 is 2.37 bits per heavy atom. The van der Waals surface area contributed by atoms with Crippen LogP contribution in [0.2, 0.25) is 0 Å². The van der Waals surface area contributed by atoms with Crippen LogP contribution in [0.4, 0.5) is 0 Å². The predicted molar refractivity (Wildman–Crippen MR) is 78.4 cm³/mol. The van der Waals surface area contributed by atoms with Gasteiger partial charge in [0.1, 0.15) is 0 Å². The molecule has 1 fully saturated rings. The molecule has 0 spiro atoms. The van der Waals surface area contributed by atoms with E-state index in [1.54, 1.807) is 0 Å². The van der Waals surface area contributed by atoms with Gasteiger partial charge in [0.25, 0.3) is 0 Å². The first kappa shape index (κ1) is 13.1. The second-order valence-corrected chi connectivity index (χ2v) is 6.93. The number of thiophene rings is 1. The molecule has 104 valence electrons. The quantitative estimate of drug-likeness (QED) is 0.873. The van der Waals surface area contributed by atoms with Crippen LogP contribution in [-0.2, 0) is 11.2 Å². The molecular formula is C15H22N2OS. The van der Waals surface area contributed by atoms with Gasteiger partial charge in [0.2, 0.25) is 5.91 Å². The van der Waals surface area contributed by atoms with Crippen molar-refractivity contribution in [2.45, 2.75) is 57.0 Å². The molecule has 2 N–H and O–H groups in total. The third-order valence-corrected chi connectivity index (χ3v) is 5.47. The van der Waals surface area contributed by atoms with Gasteiger partial charge in [0.05, 0.1) is 11.6 Å². The molecule has 2 atom stereocenters. The van der Waals surface area contributed by atoms with Gasteiger partial charge in [0.15, 0.2) is 0 Å². The van der Waals surface area contributed by atoms with E-state index in [4.69, 9.17) is 0 Å². The maximum atomic E-state index is 12.5. The highest BCUT2D eigenvalue weighted by Crippen LogP contribution is 2.33. The second-order valence-electron chi connectivity index (χ2n) is 5.93. The van der Waals surface area contributed by atoms with E-state index in [1.165, 1.54) is 29.7 Å². The van der Waals surface area contributed by atoms with Gasteiger partial charge in [-0.15, -0.1) is 11.3 Å². The normalized spacial score (nSPS) is 30.7. The lowest BCUT2D eigenvalue weighted by Gasteiger charge is -2.35. The van der Waals surface area contributed by atoms with Crippen molar-refractivity contribution in [1.29, 1.82) is 0 Å². The fourth-order valence-electron chi connectivity index (χ4n) is 3.20. The molecule has 2 heterocycles. The first-order valence-electron chi connectivity index (χ1n) is 7.31. The maximum absolute atomic E-state index is 12.5. The van der Waals surface area contributed by atoms with Crippen molar-refractivity contribution in [2.24, 2.45) is 0 Å². The molecule has 1 aromatic rings. The SMILES string of the molecule is CC1(C(=O)NC2CCCc3sccc32)CCCCN1. The second kappa shape index (κ2) is 5.25. The van der Waals surface area contributed by atoms with Gasteiger partial charge in [-0.05, 0) is 69.0 Å². The van der Waals surface area contributed by atoms with Crippen molar-refractivity contribution < 1.29 is 4.79 Å². The molecule has 1 aliphatic carbocycles. The van der Waals surface area contributed by atoms with E-state index in [9.17, 15) is 4.79 Å². The topological polar surface area (TPSA) is 41.1 Å². The molecule has 3 rings (SSSR count). The molecule has 1 aliphatic heterocycles. The highest BCUT2D eigenvalue weighted by atomic mass is 32.1. The number of piperidine rings is 1. The molecule has 0 saturated carbocycles. The van der Waals surface area contributed by atoms with E-state index in [0.29, 0.717) is 0 Å². The lowest BCUT2D eigenvalue weighted by atomic mass is 9.88. The number of carbonyl (C=O) groups is 1. The zero-order valence-corrected chi connectivity index (χ0v) is 12.3. The van der Waals surface area contributed by atoms with Crippen molar-refractivity contribution in [3.8, 4) is 0 Å². The summed E-state index contributed by atoms with van der Waals surface area (Å²) >= 11 is 1.82. The Morgan fingerprint density at radius 3 is 3.16 bits per heavy atom. The number of nitrogens with one attached hydrogen (secondary N) is 2. The summed E-state index contributed by atoms with van der Waals surface area (Å²) in [7, 11) is 0. The van der Waals surface area contributed by atoms with E-state index >= 15 is 0 Å². The molecular weight excluding hydrogens is 256 g/mol. The predicted octanol–water partition coefficient (Wildman–Crippen LogP) is 2.77. The van der Waals surface area contributed by atoms with Crippen LogP contribution in [0.3, 0.4) is 0 Å². The van der Waals surface area contributed by atoms with Crippen LogP contribution >= 0.6 is 11.3 Å². The maximum Gasteiger partial charge on any atom is 0.240 e. The van der Waals surface area contributed by atoms with Gasteiger partial charge in [-0.3, -0.25) is 4.79 Å². The summed E-state index contributed by atoms with van der Waals surface area (Å²) < 4.78 is 0. The van der Waals surface area contributed by atoms with Crippen molar-refractivity contribution in [1.82, 2.24) is 10.6 Å². The van der Waals surface area contributed by atoms with E-state index in [-0.39, 0.29) is 17.5 Å². The van der Waals surface area contributed by atoms with E-state index < -0.39 is 0 Å². The first-order chi connectivity index (χ1) is 9.19. The lowest BCUT2D eigenvalue weighted by Crippen LogP contribution is -2.57. The Labute approximate surface area is 118 Å². The Bertz CT molecular complexity index is 462.